The van der Waals surface area contributed by atoms with Gasteiger partial charge < -0.3 is 57.4 Å². The van der Waals surface area contributed by atoms with Gasteiger partial charge in [-0.1, -0.05) is 30.4 Å². The van der Waals surface area contributed by atoms with Gasteiger partial charge in [-0.15, -0.1) is 0 Å². The Bertz CT molecular complexity index is 500. The molecule has 0 saturated heterocycles. The SMILES string of the molecule is O=P([O-])([O-])CN(CCN(CP(=O)([O-])[O-])CP(=O)([O-])[O-])CP(=O)([O-])[O-].[K+].[K+].[K+]. The summed E-state index contributed by atoms with van der Waals surface area (Å²) in [4.78, 5) is 85.9. The molecular formula is C6H12K3N2O12P4-5. The van der Waals surface area contributed by atoms with E-state index in [1.807, 2.05) is 0 Å². The summed E-state index contributed by atoms with van der Waals surface area (Å²) in [5.74, 6) is 0. The number of hydrogen-bond acceptors (Lipinski definition) is 14. The molecule has 0 N–H and O–H groups in total. The maximum Gasteiger partial charge on any atom is 1.00 e. The Morgan fingerprint density at radius 3 is 0.704 bits per heavy atom. The number of hydrogen-bond donors (Lipinski definition) is 0. The molecule has 0 unspecified atom stereocenters. The fourth-order valence-corrected chi connectivity index (χ4v) is 4.88. The van der Waals surface area contributed by atoms with Gasteiger partial charge in [-0.2, -0.15) is 0 Å². The van der Waals surface area contributed by atoms with Crippen molar-refractivity contribution in [2.24, 2.45) is 0 Å². The zero-order valence-electron chi connectivity index (χ0n) is 14.8. The molecule has 0 atom stereocenters. The molecule has 0 aromatic rings. The predicted molar refractivity (Wildman–Crippen MR) is 63.3 cm³/mol. The molecule has 0 aliphatic heterocycles. The van der Waals surface area contributed by atoms with Crippen LogP contribution in [0.5, 0.6) is 0 Å². The van der Waals surface area contributed by atoms with Gasteiger partial charge >= 0.3 is 154 Å². The molecular weight excluding hydrogens is 533 g/mol. The minimum absolute atomic E-state index is 0. The molecule has 0 amide bonds. The number of nitrogens with zero attached hydrogens (tertiary/aromatic N) is 2. The van der Waals surface area contributed by atoms with E-state index in [1.54, 1.807) is 0 Å². The molecule has 0 aromatic carbocycles. The summed E-state index contributed by atoms with van der Waals surface area (Å²) in [6.45, 7) is -1.55. The van der Waals surface area contributed by atoms with E-state index in [0.717, 1.165) is 0 Å². The molecule has 0 heterocycles. The van der Waals surface area contributed by atoms with Crippen molar-refractivity contribution in [2.75, 3.05) is 38.2 Å². The van der Waals surface area contributed by atoms with Crippen LogP contribution in [-0.4, -0.2) is 48.0 Å². The van der Waals surface area contributed by atoms with Gasteiger partial charge in [0.2, 0.25) is 0 Å². The normalized spacial score (nSPS) is 13.0. The zero-order valence-corrected chi connectivity index (χ0v) is 27.8. The molecule has 14 nitrogen and oxygen atoms in total. The third kappa shape index (κ3) is 29.4. The van der Waals surface area contributed by atoms with Crippen molar-refractivity contribution in [3.05, 3.63) is 0 Å². The first-order valence-electron chi connectivity index (χ1n) is 5.85. The monoisotopic (exact) mass is 545 g/mol. The second kappa shape index (κ2) is 17.0. The van der Waals surface area contributed by atoms with Crippen molar-refractivity contribution < 1.29 is 212 Å². The van der Waals surface area contributed by atoms with Gasteiger partial charge in [0.05, 0.1) is 0 Å². The van der Waals surface area contributed by atoms with Crippen LogP contribution in [0, 0.1) is 0 Å². The van der Waals surface area contributed by atoms with Crippen molar-refractivity contribution in [2.45, 2.75) is 0 Å². The summed E-state index contributed by atoms with van der Waals surface area (Å²) in [6, 6.07) is 0. The number of rotatable bonds is 11. The molecule has 0 fully saturated rings. The predicted octanol–water partition coefficient (Wildman–Crippen LogP) is -15.9. The maximum absolute atomic E-state index is 10.7. The third-order valence-electron chi connectivity index (χ3n) is 2.23. The molecule has 0 rings (SSSR count). The zero-order chi connectivity index (χ0) is 19.4. The molecule has 146 valence electrons. The minimum Gasteiger partial charge on any atom is -0.810 e. The Hall–Kier alpha value is 5.43. The third-order valence-corrected chi connectivity index (χ3v) is 5.21. The molecule has 0 radical (unpaired) electrons. The molecule has 0 saturated carbocycles. The van der Waals surface area contributed by atoms with Crippen LogP contribution in [0.1, 0.15) is 0 Å². The molecule has 27 heavy (non-hydrogen) atoms. The van der Waals surface area contributed by atoms with Crippen LogP contribution in [0.2, 0.25) is 0 Å². The van der Waals surface area contributed by atoms with E-state index < -0.39 is 68.6 Å². The first-order chi connectivity index (χ1) is 10.4. The largest absolute Gasteiger partial charge is 1.00 e. The molecule has 0 aliphatic rings. The van der Waals surface area contributed by atoms with Gasteiger partial charge in [0.15, 0.2) is 0 Å². The quantitative estimate of drug-likeness (QED) is 0.172. The summed E-state index contributed by atoms with van der Waals surface area (Å²) in [6.07, 6.45) is -5.63. The Morgan fingerprint density at radius 2 is 0.593 bits per heavy atom. The van der Waals surface area contributed by atoms with E-state index in [2.05, 4.69) is 0 Å². The van der Waals surface area contributed by atoms with Crippen molar-refractivity contribution in [1.29, 1.82) is 0 Å². The van der Waals surface area contributed by atoms with Crippen molar-refractivity contribution in [1.82, 2.24) is 9.80 Å². The Balaban J connectivity index is -0.000000882. The summed E-state index contributed by atoms with van der Waals surface area (Å²) in [5.41, 5.74) is 0. The van der Waals surface area contributed by atoms with E-state index in [0.29, 0.717) is 9.80 Å². The Labute approximate surface area is 283 Å². The van der Waals surface area contributed by atoms with Gasteiger partial charge in [-0.3, -0.25) is 9.80 Å². The van der Waals surface area contributed by atoms with Crippen LogP contribution in [0.15, 0.2) is 0 Å². The smallest absolute Gasteiger partial charge is 0.810 e. The van der Waals surface area contributed by atoms with Gasteiger partial charge in [0.25, 0.3) is 0 Å². The Morgan fingerprint density at radius 1 is 0.444 bits per heavy atom. The standard InChI is InChI=1S/C6H20N2O12P4.3K/c9-21(10,11)3-7(4-22(12,13)14)1-2-8(5-23(15,16)17)6-24(18,19)20;;;/h1-6H2,(H2,9,10,11)(H2,12,13,14)(H2,15,16,17)(H2,18,19,20);;;/q;3*+1/p-8. The van der Waals surface area contributed by atoms with E-state index in [1.165, 1.54) is 0 Å². The van der Waals surface area contributed by atoms with E-state index in [9.17, 15) is 57.4 Å². The van der Waals surface area contributed by atoms with E-state index in [-0.39, 0.29) is 154 Å². The summed E-state index contributed by atoms with van der Waals surface area (Å²) >= 11 is 0. The van der Waals surface area contributed by atoms with Crippen molar-refractivity contribution in [3.63, 3.8) is 0 Å². The van der Waals surface area contributed by atoms with Gasteiger partial charge in [0, 0.05) is 38.2 Å². The summed E-state index contributed by atoms with van der Waals surface area (Å²) < 4.78 is 42.7. The van der Waals surface area contributed by atoms with Gasteiger partial charge in [-0.25, -0.2) is 0 Å². The first-order valence-corrected chi connectivity index (χ1v) is 12.8. The van der Waals surface area contributed by atoms with Crippen molar-refractivity contribution >= 4 is 30.4 Å². The Kier molecular flexibility index (Phi) is 24.9. The maximum atomic E-state index is 10.7. The topological polar surface area (TPSA) is 259 Å². The van der Waals surface area contributed by atoms with Crippen LogP contribution in [0.25, 0.3) is 0 Å². The van der Waals surface area contributed by atoms with E-state index >= 15 is 0 Å². The van der Waals surface area contributed by atoms with E-state index in [4.69, 9.17) is 0 Å². The summed E-state index contributed by atoms with van der Waals surface area (Å²) in [7, 11) is -21.2. The fraction of sp³-hybridized carbons (Fsp3) is 1.00. The van der Waals surface area contributed by atoms with Crippen LogP contribution in [0.3, 0.4) is 0 Å². The van der Waals surface area contributed by atoms with Gasteiger partial charge in [-0.05, 0) is 0 Å². The second-order valence-electron chi connectivity index (χ2n) is 4.80. The van der Waals surface area contributed by atoms with Gasteiger partial charge in [0.1, 0.15) is 0 Å². The minimum atomic E-state index is -5.30. The first kappa shape index (κ1) is 39.6. The summed E-state index contributed by atoms with van der Waals surface area (Å²) in [5, 5.41) is 0. The van der Waals surface area contributed by atoms with Crippen LogP contribution < -0.4 is 193 Å². The molecule has 0 spiro atoms. The average molecular weight is 545 g/mol. The average Bonchev–Trinajstić information content (AvgIpc) is 2.16. The molecule has 0 aliphatic carbocycles. The molecule has 0 aromatic heterocycles. The van der Waals surface area contributed by atoms with Crippen LogP contribution in [0.4, 0.5) is 0 Å². The van der Waals surface area contributed by atoms with Crippen LogP contribution in [-0.2, 0) is 18.3 Å². The second-order valence-corrected chi connectivity index (χ2v) is 10.8. The van der Waals surface area contributed by atoms with Crippen molar-refractivity contribution in [3.8, 4) is 0 Å². The fourth-order valence-electron chi connectivity index (χ4n) is 1.63. The van der Waals surface area contributed by atoms with Crippen LogP contribution >= 0.6 is 30.4 Å². The molecule has 0 bridgehead atoms. The molecule has 21 heteroatoms.